The number of aromatic nitrogens is 1. The Morgan fingerprint density at radius 3 is 2.94 bits per heavy atom. The minimum Gasteiger partial charge on any atom is -0.478 e. The van der Waals surface area contributed by atoms with Gasteiger partial charge in [-0.2, -0.15) is 0 Å². The Hall–Kier alpha value is -1.33. The zero-order valence-corrected chi connectivity index (χ0v) is 9.53. The molecule has 0 amide bonds. The Balaban J connectivity index is 2.81. The van der Waals surface area contributed by atoms with Crippen LogP contribution in [0.25, 0.3) is 0 Å². The second kappa shape index (κ2) is 5.67. The Morgan fingerprint density at radius 2 is 2.38 bits per heavy atom. The molecule has 1 atom stereocenters. The smallest absolute Gasteiger partial charge is 0.337 e. The van der Waals surface area contributed by atoms with Crippen molar-refractivity contribution in [3.63, 3.8) is 0 Å². The summed E-state index contributed by atoms with van der Waals surface area (Å²) >= 11 is 5.86. The third kappa shape index (κ3) is 3.08. The summed E-state index contributed by atoms with van der Waals surface area (Å²) in [6.07, 6.45) is 1.38. The summed E-state index contributed by atoms with van der Waals surface area (Å²) in [4.78, 5) is 14.7. The zero-order chi connectivity index (χ0) is 12.1. The van der Waals surface area contributed by atoms with Crippen LogP contribution in [0.2, 0.25) is 5.02 Å². The minimum atomic E-state index is -1.09. The standard InChI is InChI=1S/C10H13ClN2O3/c1-6(5-14)4-13-9-8(11)7(10(15)16)2-3-12-9/h2-3,6,14H,4-5H2,1H3,(H,12,13)(H,15,16). The predicted molar refractivity (Wildman–Crippen MR) is 60.9 cm³/mol. The number of rotatable bonds is 5. The van der Waals surface area contributed by atoms with E-state index in [9.17, 15) is 4.79 Å². The summed E-state index contributed by atoms with van der Waals surface area (Å²) in [5.41, 5.74) is 0.0100. The quantitative estimate of drug-likeness (QED) is 0.731. The van der Waals surface area contributed by atoms with Gasteiger partial charge in [0.05, 0.1) is 10.6 Å². The van der Waals surface area contributed by atoms with E-state index in [2.05, 4.69) is 10.3 Å². The van der Waals surface area contributed by atoms with E-state index in [4.69, 9.17) is 21.8 Å². The topological polar surface area (TPSA) is 82.5 Å². The molecule has 1 heterocycles. The lowest BCUT2D eigenvalue weighted by Gasteiger charge is -2.11. The molecule has 0 spiro atoms. The molecule has 6 heteroatoms. The average Bonchev–Trinajstić information content (AvgIpc) is 2.26. The molecule has 0 saturated carbocycles. The summed E-state index contributed by atoms with van der Waals surface area (Å²) in [5.74, 6) is -0.723. The second-order valence-corrected chi connectivity index (χ2v) is 3.87. The molecule has 0 saturated heterocycles. The number of carboxylic acids is 1. The predicted octanol–water partition coefficient (Wildman–Crippen LogP) is 1.47. The van der Waals surface area contributed by atoms with Crippen molar-refractivity contribution >= 4 is 23.4 Å². The first-order chi connectivity index (χ1) is 7.56. The first kappa shape index (κ1) is 12.7. The summed E-state index contributed by atoms with van der Waals surface area (Å²) in [6.45, 7) is 2.37. The van der Waals surface area contributed by atoms with Crippen LogP contribution in [0.3, 0.4) is 0 Å². The molecule has 3 N–H and O–H groups in total. The van der Waals surface area contributed by atoms with Gasteiger partial charge in [-0.05, 0) is 12.0 Å². The second-order valence-electron chi connectivity index (χ2n) is 3.49. The zero-order valence-electron chi connectivity index (χ0n) is 8.77. The lowest BCUT2D eigenvalue weighted by Crippen LogP contribution is -2.16. The Kier molecular flexibility index (Phi) is 4.52. The van der Waals surface area contributed by atoms with Gasteiger partial charge >= 0.3 is 5.97 Å². The van der Waals surface area contributed by atoms with Crippen molar-refractivity contribution in [1.82, 2.24) is 4.98 Å². The number of anilines is 1. The molecular weight excluding hydrogens is 232 g/mol. The van der Waals surface area contributed by atoms with E-state index in [-0.39, 0.29) is 23.1 Å². The van der Waals surface area contributed by atoms with Gasteiger partial charge in [0.1, 0.15) is 5.82 Å². The number of carbonyl (C=O) groups is 1. The number of pyridine rings is 1. The van der Waals surface area contributed by atoms with Gasteiger partial charge in [-0.3, -0.25) is 0 Å². The van der Waals surface area contributed by atoms with Gasteiger partial charge < -0.3 is 15.5 Å². The number of carboxylic acid groups (broad SMARTS) is 1. The van der Waals surface area contributed by atoms with E-state index >= 15 is 0 Å². The molecule has 0 aliphatic heterocycles. The third-order valence-corrected chi connectivity index (χ3v) is 2.43. The molecule has 0 fully saturated rings. The molecule has 88 valence electrons. The summed E-state index contributed by atoms with van der Waals surface area (Å²) < 4.78 is 0. The van der Waals surface area contributed by atoms with Crippen LogP contribution in [-0.2, 0) is 0 Å². The number of aromatic carboxylic acids is 1. The number of nitrogens with zero attached hydrogens (tertiary/aromatic N) is 1. The van der Waals surface area contributed by atoms with E-state index < -0.39 is 5.97 Å². The Bertz CT molecular complexity index is 384. The summed E-state index contributed by atoms with van der Waals surface area (Å²) in [6, 6.07) is 1.34. The molecule has 1 aromatic rings. The van der Waals surface area contributed by atoms with Crippen LogP contribution in [0, 0.1) is 5.92 Å². The van der Waals surface area contributed by atoms with Crippen LogP contribution in [-0.4, -0.2) is 34.3 Å². The van der Waals surface area contributed by atoms with Crippen LogP contribution in [0.4, 0.5) is 5.82 Å². The van der Waals surface area contributed by atoms with Gasteiger partial charge in [0.25, 0.3) is 0 Å². The molecule has 0 bridgehead atoms. The largest absolute Gasteiger partial charge is 0.478 e. The highest BCUT2D eigenvalue weighted by atomic mass is 35.5. The van der Waals surface area contributed by atoms with Crippen molar-refractivity contribution in [2.24, 2.45) is 5.92 Å². The maximum atomic E-state index is 10.8. The fraction of sp³-hybridized carbons (Fsp3) is 0.400. The van der Waals surface area contributed by atoms with Crippen molar-refractivity contribution in [3.8, 4) is 0 Å². The third-order valence-electron chi connectivity index (χ3n) is 2.05. The number of hydrogen-bond acceptors (Lipinski definition) is 4. The van der Waals surface area contributed by atoms with E-state index in [0.717, 1.165) is 0 Å². The number of aliphatic hydroxyl groups is 1. The monoisotopic (exact) mass is 244 g/mol. The van der Waals surface area contributed by atoms with E-state index in [1.807, 2.05) is 6.92 Å². The van der Waals surface area contributed by atoms with E-state index in [0.29, 0.717) is 12.4 Å². The maximum Gasteiger partial charge on any atom is 0.337 e. The van der Waals surface area contributed by atoms with Gasteiger partial charge in [0.2, 0.25) is 0 Å². The van der Waals surface area contributed by atoms with Crippen LogP contribution in [0.5, 0.6) is 0 Å². The van der Waals surface area contributed by atoms with Gasteiger partial charge in [0.15, 0.2) is 0 Å². The Labute approximate surface area is 98.1 Å². The van der Waals surface area contributed by atoms with Crippen LogP contribution in [0.1, 0.15) is 17.3 Å². The van der Waals surface area contributed by atoms with Gasteiger partial charge in [-0.15, -0.1) is 0 Å². The molecule has 0 aliphatic rings. The van der Waals surface area contributed by atoms with Crippen LogP contribution in [0.15, 0.2) is 12.3 Å². The molecular formula is C10H13ClN2O3. The highest BCUT2D eigenvalue weighted by Gasteiger charge is 2.13. The fourth-order valence-corrected chi connectivity index (χ4v) is 1.33. The van der Waals surface area contributed by atoms with Gasteiger partial charge in [0, 0.05) is 19.3 Å². The van der Waals surface area contributed by atoms with Crippen molar-refractivity contribution in [2.75, 3.05) is 18.5 Å². The first-order valence-corrected chi connectivity index (χ1v) is 5.16. The van der Waals surface area contributed by atoms with Crippen LogP contribution < -0.4 is 5.32 Å². The molecule has 0 aromatic carbocycles. The molecule has 0 aliphatic carbocycles. The first-order valence-electron chi connectivity index (χ1n) is 4.78. The van der Waals surface area contributed by atoms with Crippen LogP contribution >= 0.6 is 11.6 Å². The van der Waals surface area contributed by atoms with Crippen molar-refractivity contribution < 1.29 is 15.0 Å². The highest BCUT2D eigenvalue weighted by Crippen LogP contribution is 2.23. The number of halogens is 1. The highest BCUT2D eigenvalue weighted by molar-refractivity contribution is 6.35. The normalized spacial score (nSPS) is 12.2. The van der Waals surface area contributed by atoms with Crippen molar-refractivity contribution in [2.45, 2.75) is 6.92 Å². The lowest BCUT2D eigenvalue weighted by atomic mass is 10.2. The van der Waals surface area contributed by atoms with E-state index in [1.165, 1.54) is 12.3 Å². The Morgan fingerprint density at radius 1 is 1.69 bits per heavy atom. The maximum absolute atomic E-state index is 10.8. The summed E-state index contributed by atoms with van der Waals surface area (Å²) in [7, 11) is 0. The molecule has 0 radical (unpaired) electrons. The fourth-order valence-electron chi connectivity index (χ4n) is 1.07. The average molecular weight is 245 g/mol. The minimum absolute atomic E-state index is 0.0100. The van der Waals surface area contributed by atoms with Gasteiger partial charge in [-0.1, -0.05) is 18.5 Å². The summed E-state index contributed by atoms with van der Waals surface area (Å²) in [5, 5.41) is 20.6. The lowest BCUT2D eigenvalue weighted by molar-refractivity contribution is 0.0697. The van der Waals surface area contributed by atoms with E-state index in [1.54, 1.807) is 0 Å². The van der Waals surface area contributed by atoms with Crippen molar-refractivity contribution in [1.29, 1.82) is 0 Å². The number of nitrogens with one attached hydrogen (secondary N) is 1. The molecule has 1 unspecified atom stereocenters. The van der Waals surface area contributed by atoms with Gasteiger partial charge in [-0.25, -0.2) is 9.78 Å². The molecule has 5 nitrogen and oxygen atoms in total. The van der Waals surface area contributed by atoms with Crippen molar-refractivity contribution in [3.05, 3.63) is 22.8 Å². The SMILES string of the molecule is CC(CO)CNc1nccc(C(=O)O)c1Cl. The molecule has 1 aromatic heterocycles. The molecule has 16 heavy (non-hydrogen) atoms. The number of aliphatic hydroxyl groups excluding tert-OH is 1. The molecule has 1 rings (SSSR count). The number of hydrogen-bond donors (Lipinski definition) is 3.